The molecule has 0 saturated carbocycles. The van der Waals surface area contributed by atoms with Crippen LogP contribution in [0.3, 0.4) is 0 Å². The molecule has 0 saturated heterocycles. The van der Waals surface area contributed by atoms with Crippen molar-refractivity contribution in [3.63, 3.8) is 0 Å². The molecule has 122 valence electrons. The van der Waals surface area contributed by atoms with Crippen molar-refractivity contribution in [3.8, 4) is 10.6 Å². The van der Waals surface area contributed by atoms with Crippen molar-refractivity contribution in [1.29, 1.82) is 0 Å². The standard InChI is InChI=1S/C20H13ClN2OS/c21-15-5-3-4-14(12-15)19(24)22-16-10-8-13(9-11-16)20-23-17-6-1-2-7-18(17)25-20/h1-12H,(H,22,24). The molecule has 1 N–H and O–H groups in total. The zero-order valence-electron chi connectivity index (χ0n) is 13.1. The number of nitrogens with one attached hydrogen (secondary N) is 1. The van der Waals surface area contributed by atoms with Crippen LogP contribution >= 0.6 is 22.9 Å². The maximum absolute atomic E-state index is 12.3. The van der Waals surface area contributed by atoms with Gasteiger partial charge >= 0.3 is 0 Å². The molecule has 3 nitrogen and oxygen atoms in total. The number of thiazole rings is 1. The summed E-state index contributed by atoms with van der Waals surface area (Å²) >= 11 is 7.58. The van der Waals surface area contributed by atoms with Crippen molar-refractivity contribution in [2.75, 3.05) is 5.32 Å². The Morgan fingerprint density at radius 3 is 2.52 bits per heavy atom. The summed E-state index contributed by atoms with van der Waals surface area (Å²) in [6.07, 6.45) is 0. The van der Waals surface area contributed by atoms with Crippen LogP contribution in [0.25, 0.3) is 20.8 Å². The van der Waals surface area contributed by atoms with Gasteiger partial charge in [0.05, 0.1) is 10.2 Å². The Labute approximate surface area is 153 Å². The second kappa shape index (κ2) is 6.67. The molecule has 0 aliphatic heterocycles. The van der Waals surface area contributed by atoms with E-state index in [2.05, 4.69) is 16.4 Å². The van der Waals surface area contributed by atoms with E-state index < -0.39 is 0 Å². The maximum Gasteiger partial charge on any atom is 0.255 e. The Bertz CT molecular complexity index is 1020. The largest absolute Gasteiger partial charge is 0.322 e. The van der Waals surface area contributed by atoms with Gasteiger partial charge in [-0.3, -0.25) is 4.79 Å². The fourth-order valence-electron chi connectivity index (χ4n) is 2.52. The Morgan fingerprint density at radius 2 is 1.76 bits per heavy atom. The number of anilines is 1. The first-order valence-electron chi connectivity index (χ1n) is 7.72. The van der Waals surface area contributed by atoms with Gasteiger partial charge in [-0.15, -0.1) is 11.3 Å². The van der Waals surface area contributed by atoms with Crippen LogP contribution in [0.1, 0.15) is 10.4 Å². The number of hydrogen-bond donors (Lipinski definition) is 1. The van der Waals surface area contributed by atoms with Gasteiger partial charge in [-0.25, -0.2) is 4.98 Å². The molecular formula is C20H13ClN2OS. The summed E-state index contributed by atoms with van der Waals surface area (Å²) in [6.45, 7) is 0. The molecule has 4 aromatic rings. The number of amides is 1. The number of halogens is 1. The van der Waals surface area contributed by atoms with E-state index in [4.69, 9.17) is 11.6 Å². The molecule has 0 aliphatic rings. The molecule has 0 spiro atoms. The van der Waals surface area contributed by atoms with E-state index in [0.29, 0.717) is 10.6 Å². The third-order valence-electron chi connectivity index (χ3n) is 3.77. The first kappa shape index (κ1) is 15.8. The highest BCUT2D eigenvalue weighted by Crippen LogP contribution is 2.30. The van der Waals surface area contributed by atoms with Gasteiger partial charge in [0.1, 0.15) is 5.01 Å². The van der Waals surface area contributed by atoms with Crippen LogP contribution in [0.5, 0.6) is 0 Å². The van der Waals surface area contributed by atoms with E-state index in [0.717, 1.165) is 26.5 Å². The van der Waals surface area contributed by atoms with Crippen LogP contribution in [0.4, 0.5) is 5.69 Å². The summed E-state index contributed by atoms with van der Waals surface area (Å²) in [5.74, 6) is -0.185. The number of hydrogen-bond acceptors (Lipinski definition) is 3. The quantitative estimate of drug-likeness (QED) is 0.494. The van der Waals surface area contributed by atoms with Gasteiger partial charge in [-0.1, -0.05) is 29.8 Å². The lowest BCUT2D eigenvalue weighted by Crippen LogP contribution is -2.11. The van der Waals surface area contributed by atoms with Gasteiger partial charge in [0, 0.05) is 21.8 Å². The number of fused-ring (bicyclic) bond motifs is 1. The molecule has 1 amide bonds. The Morgan fingerprint density at radius 1 is 0.960 bits per heavy atom. The minimum Gasteiger partial charge on any atom is -0.322 e. The predicted octanol–water partition coefficient (Wildman–Crippen LogP) is 5.87. The van der Waals surface area contributed by atoms with E-state index >= 15 is 0 Å². The number of aromatic nitrogens is 1. The normalized spacial score (nSPS) is 10.8. The zero-order valence-corrected chi connectivity index (χ0v) is 14.6. The van der Waals surface area contributed by atoms with Crippen molar-refractivity contribution in [3.05, 3.63) is 83.4 Å². The zero-order chi connectivity index (χ0) is 17.2. The van der Waals surface area contributed by atoms with Crippen molar-refractivity contribution < 1.29 is 4.79 Å². The van der Waals surface area contributed by atoms with E-state index in [1.165, 1.54) is 0 Å². The molecule has 0 unspecified atom stereocenters. The fraction of sp³-hybridized carbons (Fsp3) is 0. The van der Waals surface area contributed by atoms with Crippen LogP contribution in [0, 0.1) is 0 Å². The minimum absolute atomic E-state index is 0.185. The van der Waals surface area contributed by atoms with Gasteiger partial charge < -0.3 is 5.32 Å². The van der Waals surface area contributed by atoms with Crippen LogP contribution in [-0.2, 0) is 0 Å². The Hall–Kier alpha value is -2.69. The summed E-state index contributed by atoms with van der Waals surface area (Å²) in [5.41, 5.74) is 3.29. The molecule has 1 heterocycles. The summed E-state index contributed by atoms with van der Waals surface area (Å²) in [4.78, 5) is 16.9. The van der Waals surface area contributed by atoms with Gasteiger partial charge in [0.15, 0.2) is 0 Å². The monoisotopic (exact) mass is 364 g/mol. The molecule has 25 heavy (non-hydrogen) atoms. The summed E-state index contributed by atoms with van der Waals surface area (Å²) < 4.78 is 1.16. The highest BCUT2D eigenvalue weighted by Gasteiger charge is 2.08. The van der Waals surface area contributed by atoms with E-state index in [1.807, 2.05) is 42.5 Å². The van der Waals surface area contributed by atoms with Crippen molar-refractivity contribution in [2.45, 2.75) is 0 Å². The molecule has 0 aliphatic carbocycles. The van der Waals surface area contributed by atoms with Crippen LogP contribution in [-0.4, -0.2) is 10.9 Å². The smallest absolute Gasteiger partial charge is 0.255 e. The van der Waals surface area contributed by atoms with Crippen LogP contribution < -0.4 is 5.32 Å². The third kappa shape index (κ3) is 3.40. The van der Waals surface area contributed by atoms with E-state index in [1.54, 1.807) is 35.6 Å². The predicted molar refractivity (Wildman–Crippen MR) is 104 cm³/mol. The van der Waals surface area contributed by atoms with Crippen LogP contribution in [0.15, 0.2) is 72.8 Å². The Balaban J connectivity index is 1.54. The van der Waals surface area contributed by atoms with E-state index in [-0.39, 0.29) is 5.91 Å². The van der Waals surface area contributed by atoms with Gasteiger partial charge in [0.2, 0.25) is 0 Å². The van der Waals surface area contributed by atoms with Gasteiger partial charge in [-0.2, -0.15) is 0 Å². The SMILES string of the molecule is O=C(Nc1ccc(-c2nc3ccccc3s2)cc1)c1cccc(Cl)c1. The highest BCUT2D eigenvalue weighted by molar-refractivity contribution is 7.21. The van der Waals surface area contributed by atoms with Crippen molar-refractivity contribution in [2.24, 2.45) is 0 Å². The lowest BCUT2D eigenvalue weighted by Gasteiger charge is -2.06. The van der Waals surface area contributed by atoms with E-state index in [9.17, 15) is 4.79 Å². The number of rotatable bonds is 3. The summed E-state index contributed by atoms with van der Waals surface area (Å²) in [6, 6.07) is 22.6. The topological polar surface area (TPSA) is 42.0 Å². The second-order valence-corrected chi connectivity index (χ2v) is 7.00. The fourth-order valence-corrected chi connectivity index (χ4v) is 3.69. The molecule has 0 fully saturated rings. The average molecular weight is 365 g/mol. The molecule has 4 rings (SSSR count). The lowest BCUT2D eigenvalue weighted by atomic mass is 10.2. The summed E-state index contributed by atoms with van der Waals surface area (Å²) in [7, 11) is 0. The average Bonchev–Trinajstić information content (AvgIpc) is 3.06. The first-order valence-corrected chi connectivity index (χ1v) is 8.91. The number of carbonyl (C=O) groups is 1. The van der Waals surface area contributed by atoms with Gasteiger partial charge in [-0.05, 0) is 54.6 Å². The van der Waals surface area contributed by atoms with Gasteiger partial charge in [0.25, 0.3) is 5.91 Å². The Kier molecular flexibility index (Phi) is 4.22. The molecule has 0 atom stereocenters. The molecule has 3 aromatic carbocycles. The molecule has 1 aromatic heterocycles. The number of carbonyl (C=O) groups excluding carboxylic acids is 1. The third-order valence-corrected chi connectivity index (χ3v) is 5.09. The second-order valence-electron chi connectivity index (χ2n) is 5.53. The van der Waals surface area contributed by atoms with Crippen molar-refractivity contribution >= 4 is 44.7 Å². The highest BCUT2D eigenvalue weighted by atomic mass is 35.5. The van der Waals surface area contributed by atoms with Crippen LogP contribution in [0.2, 0.25) is 5.02 Å². The molecule has 0 radical (unpaired) electrons. The first-order chi connectivity index (χ1) is 12.2. The van der Waals surface area contributed by atoms with Crippen molar-refractivity contribution in [1.82, 2.24) is 4.98 Å². The molecule has 0 bridgehead atoms. The minimum atomic E-state index is -0.185. The number of nitrogens with zero attached hydrogens (tertiary/aromatic N) is 1. The maximum atomic E-state index is 12.3. The molecule has 5 heteroatoms. The molecular weight excluding hydrogens is 352 g/mol. The number of benzene rings is 3. The number of para-hydroxylation sites is 1. The lowest BCUT2D eigenvalue weighted by molar-refractivity contribution is 0.102. The summed E-state index contributed by atoms with van der Waals surface area (Å²) in [5, 5.41) is 4.38.